The molecule has 0 amide bonds. The van der Waals surface area contributed by atoms with E-state index in [9.17, 15) is 5.11 Å². The molecule has 3 heteroatoms. The van der Waals surface area contributed by atoms with Gasteiger partial charge in [0.05, 0.1) is 6.10 Å². The van der Waals surface area contributed by atoms with Crippen LogP contribution < -0.4 is 0 Å². The molecule has 5 aliphatic rings. The van der Waals surface area contributed by atoms with Gasteiger partial charge in [0.2, 0.25) is 0 Å². The van der Waals surface area contributed by atoms with Crippen molar-refractivity contribution in [3.05, 3.63) is 0 Å². The highest BCUT2D eigenvalue weighted by Crippen LogP contribution is 2.66. The molecular weight excluding hydrogens is 346 g/mol. The Kier molecular flexibility index (Phi) is 6.18. The molecule has 0 spiro atoms. The largest absolute Gasteiger partial charge is 0.391 e. The molecule has 4 saturated carbocycles. The summed E-state index contributed by atoms with van der Waals surface area (Å²) in [6, 6.07) is 0.466. The minimum absolute atomic E-state index is 0.0755. The first kappa shape index (κ1) is 21.1. The molecule has 4 unspecified atom stereocenters. The van der Waals surface area contributed by atoms with Crippen LogP contribution >= 0.6 is 0 Å². The highest BCUT2D eigenvalue weighted by Gasteiger charge is 2.62. The molecule has 1 aliphatic heterocycles. The van der Waals surface area contributed by atoms with Gasteiger partial charge in [-0.1, -0.05) is 26.7 Å². The fourth-order valence-corrected chi connectivity index (χ4v) is 8.70. The maximum atomic E-state index is 11.3. The van der Waals surface area contributed by atoms with E-state index in [-0.39, 0.29) is 11.5 Å². The Morgan fingerprint density at radius 2 is 1.54 bits per heavy atom. The Morgan fingerprint density at radius 1 is 0.821 bits per heavy atom. The van der Waals surface area contributed by atoms with E-state index in [0.717, 1.165) is 23.7 Å². The Hall–Kier alpha value is -0.120. The lowest BCUT2D eigenvalue weighted by molar-refractivity contribution is -0.122. The summed E-state index contributed by atoms with van der Waals surface area (Å²) in [5.41, 5.74) is 0.825. The summed E-state index contributed by atoms with van der Waals surface area (Å²) < 4.78 is 4.25. The number of aliphatic hydroxyl groups is 1. The van der Waals surface area contributed by atoms with Crippen LogP contribution in [0.3, 0.4) is 0 Å². The van der Waals surface area contributed by atoms with E-state index >= 15 is 0 Å². The number of methoxy groups -OCH3 is 1. The van der Waals surface area contributed by atoms with Gasteiger partial charge in [-0.3, -0.25) is 4.90 Å². The van der Waals surface area contributed by atoms with Crippen LogP contribution in [0, 0.1) is 34.5 Å². The van der Waals surface area contributed by atoms with Gasteiger partial charge in [-0.2, -0.15) is 0 Å². The molecule has 0 aromatic heterocycles. The van der Waals surface area contributed by atoms with E-state index in [0.29, 0.717) is 11.5 Å². The second-order valence-electron chi connectivity index (χ2n) is 11.3. The molecule has 0 radical (unpaired) electrons. The molecule has 4 aliphatic carbocycles. The maximum absolute atomic E-state index is 11.3. The van der Waals surface area contributed by atoms with Crippen molar-refractivity contribution in [2.24, 2.45) is 34.5 Å². The number of nitrogens with zero attached hydrogens (tertiary/aromatic N) is 1. The van der Waals surface area contributed by atoms with Crippen molar-refractivity contribution in [1.29, 1.82) is 0 Å². The summed E-state index contributed by atoms with van der Waals surface area (Å²) >= 11 is 0. The minimum Gasteiger partial charge on any atom is -0.391 e. The van der Waals surface area contributed by atoms with Crippen LogP contribution in [0.4, 0.5) is 0 Å². The topological polar surface area (TPSA) is 32.7 Å². The fraction of sp³-hybridized carbons (Fsp3) is 1.00. The molecule has 1 saturated heterocycles. The SMILES string of the molecule is COC.C[C@]12CCCCC1CCC1C2CC[C@@]2(C)C1C[C@H](N1CCCC1)[C@@H]2O. The Morgan fingerprint density at radius 3 is 2.25 bits per heavy atom. The number of fused-ring (bicyclic) bond motifs is 5. The van der Waals surface area contributed by atoms with Gasteiger partial charge in [0.1, 0.15) is 0 Å². The predicted octanol–water partition coefficient (Wildman–Crippen LogP) is 5.12. The van der Waals surface area contributed by atoms with Crippen LogP contribution in [0.15, 0.2) is 0 Å². The van der Waals surface area contributed by atoms with Gasteiger partial charge in [-0.05, 0) is 105 Å². The first-order valence-electron chi connectivity index (χ1n) is 12.3. The van der Waals surface area contributed by atoms with Crippen LogP contribution in [0.25, 0.3) is 0 Å². The first-order chi connectivity index (χ1) is 13.5. The third kappa shape index (κ3) is 3.28. The summed E-state index contributed by atoms with van der Waals surface area (Å²) in [7, 11) is 3.25. The van der Waals surface area contributed by atoms with E-state index in [2.05, 4.69) is 23.5 Å². The summed E-state index contributed by atoms with van der Waals surface area (Å²) in [6.07, 6.45) is 15.5. The van der Waals surface area contributed by atoms with Crippen molar-refractivity contribution in [3.63, 3.8) is 0 Å². The Bertz CT molecular complexity index is 533. The van der Waals surface area contributed by atoms with Gasteiger partial charge in [-0.15, -0.1) is 0 Å². The van der Waals surface area contributed by atoms with E-state index in [4.69, 9.17) is 0 Å². The number of rotatable bonds is 1. The molecule has 162 valence electrons. The van der Waals surface area contributed by atoms with Crippen molar-refractivity contribution < 1.29 is 9.84 Å². The van der Waals surface area contributed by atoms with Crippen molar-refractivity contribution >= 4 is 0 Å². The zero-order chi connectivity index (χ0) is 19.9. The van der Waals surface area contributed by atoms with Gasteiger partial charge >= 0.3 is 0 Å². The van der Waals surface area contributed by atoms with Gasteiger partial charge in [-0.25, -0.2) is 0 Å². The monoisotopic (exact) mass is 391 g/mol. The van der Waals surface area contributed by atoms with Crippen molar-refractivity contribution in [2.45, 2.75) is 96.6 Å². The summed E-state index contributed by atoms with van der Waals surface area (Å²) in [5.74, 6) is 3.65. The van der Waals surface area contributed by atoms with Gasteiger partial charge < -0.3 is 9.84 Å². The average Bonchev–Trinajstić information content (AvgIpc) is 3.29. The molecule has 0 aromatic carbocycles. The van der Waals surface area contributed by atoms with Gasteiger partial charge in [0, 0.05) is 20.3 Å². The van der Waals surface area contributed by atoms with Crippen LogP contribution in [-0.4, -0.2) is 49.5 Å². The lowest BCUT2D eigenvalue weighted by Crippen LogP contribution is -2.53. The molecule has 0 aromatic rings. The number of hydrogen-bond acceptors (Lipinski definition) is 3. The number of aliphatic hydroxyl groups excluding tert-OH is 1. The second kappa shape index (κ2) is 8.19. The molecule has 28 heavy (non-hydrogen) atoms. The lowest BCUT2D eigenvalue weighted by atomic mass is 9.45. The third-order valence-electron chi connectivity index (χ3n) is 10.2. The summed E-state index contributed by atoms with van der Waals surface area (Å²) in [5, 5.41) is 11.3. The standard InChI is InChI=1S/C23H39NO.C2H6O/c1-22-11-4-3-7-16(22)8-9-17-18(22)10-12-23(2)19(17)15-20(21(23)25)24-13-5-6-14-24;1-3-2/h16-21,25H,3-15H2,1-2H3;1-2H3/t16?,17?,18?,19?,20-,21-,22-,23-;/m0./s1. The third-order valence-corrected chi connectivity index (χ3v) is 10.2. The molecule has 3 nitrogen and oxygen atoms in total. The van der Waals surface area contributed by atoms with Gasteiger partial charge in [0.15, 0.2) is 0 Å². The summed E-state index contributed by atoms with van der Waals surface area (Å²) in [4.78, 5) is 2.65. The molecule has 5 rings (SSSR count). The molecular formula is C25H45NO2. The van der Waals surface area contributed by atoms with Crippen LogP contribution in [0.5, 0.6) is 0 Å². The Labute approximate surface area is 173 Å². The van der Waals surface area contributed by atoms with Crippen LogP contribution in [-0.2, 0) is 4.74 Å². The van der Waals surface area contributed by atoms with Crippen molar-refractivity contribution in [1.82, 2.24) is 4.90 Å². The smallest absolute Gasteiger partial charge is 0.0751 e. The predicted molar refractivity (Wildman–Crippen MR) is 115 cm³/mol. The average molecular weight is 392 g/mol. The molecule has 1 heterocycles. The summed E-state index contributed by atoms with van der Waals surface area (Å²) in [6.45, 7) is 7.60. The van der Waals surface area contributed by atoms with Crippen molar-refractivity contribution in [3.8, 4) is 0 Å². The Balaban J connectivity index is 0.000000604. The zero-order valence-corrected chi connectivity index (χ0v) is 19.0. The second-order valence-corrected chi connectivity index (χ2v) is 11.3. The minimum atomic E-state index is -0.0755. The fourth-order valence-electron chi connectivity index (χ4n) is 8.70. The molecule has 0 bridgehead atoms. The van der Waals surface area contributed by atoms with Gasteiger partial charge in [0.25, 0.3) is 0 Å². The van der Waals surface area contributed by atoms with E-state index in [1.54, 1.807) is 14.2 Å². The highest BCUT2D eigenvalue weighted by molar-refractivity contribution is 5.12. The van der Waals surface area contributed by atoms with Crippen molar-refractivity contribution in [2.75, 3.05) is 27.3 Å². The number of ether oxygens (including phenoxy) is 1. The lowest BCUT2D eigenvalue weighted by Gasteiger charge is -2.60. The van der Waals surface area contributed by atoms with Crippen LogP contribution in [0.1, 0.15) is 84.5 Å². The van der Waals surface area contributed by atoms with E-state index < -0.39 is 0 Å². The van der Waals surface area contributed by atoms with Crippen LogP contribution in [0.2, 0.25) is 0 Å². The normalized spacial score (nSPS) is 50.9. The quantitative estimate of drug-likeness (QED) is 0.673. The number of hydrogen-bond donors (Lipinski definition) is 1. The highest BCUT2D eigenvalue weighted by atomic mass is 16.4. The first-order valence-corrected chi connectivity index (χ1v) is 12.3. The van der Waals surface area contributed by atoms with E-state index in [1.807, 2.05) is 0 Å². The number of likely N-dealkylation sites (tertiary alicyclic amines) is 1. The zero-order valence-electron chi connectivity index (χ0n) is 19.0. The molecule has 1 N–H and O–H groups in total. The molecule has 8 atom stereocenters. The molecule has 5 fully saturated rings. The van der Waals surface area contributed by atoms with E-state index in [1.165, 1.54) is 83.7 Å². The maximum Gasteiger partial charge on any atom is 0.0751 e.